The van der Waals surface area contributed by atoms with Gasteiger partial charge in [-0.2, -0.15) is 0 Å². The van der Waals surface area contributed by atoms with Gasteiger partial charge in [0.15, 0.2) is 0 Å². The minimum Gasteiger partial charge on any atom is -0.344 e. The van der Waals surface area contributed by atoms with Crippen LogP contribution in [0, 0.1) is 17.9 Å². The molecular formula is C30H19N3. The summed E-state index contributed by atoms with van der Waals surface area (Å²) in [6.07, 6.45) is 0. The number of nitrogens with zero attached hydrogens (tertiary/aromatic N) is 3. The van der Waals surface area contributed by atoms with Gasteiger partial charge in [-0.25, -0.2) is 10.1 Å². The first-order valence-corrected chi connectivity index (χ1v) is 10.9. The topological polar surface area (TPSA) is 31.4 Å². The van der Waals surface area contributed by atoms with E-state index >= 15 is 0 Å². The van der Waals surface area contributed by atoms with Crippen molar-refractivity contribution in [3.63, 3.8) is 0 Å². The van der Waals surface area contributed by atoms with Crippen LogP contribution in [0.1, 0.15) is 33.4 Å². The molecule has 1 spiro atoms. The van der Waals surface area contributed by atoms with Crippen molar-refractivity contribution in [2.75, 3.05) is 11.9 Å². The average Bonchev–Trinajstić information content (AvgIpc) is 2.88. The summed E-state index contributed by atoms with van der Waals surface area (Å²) in [7, 11) is 2.11. The zero-order valence-corrected chi connectivity index (χ0v) is 18.1. The molecule has 0 aromatic heterocycles. The predicted octanol–water partition coefficient (Wildman–Crippen LogP) is 6.67. The summed E-state index contributed by atoms with van der Waals surface area (Å²) in [6, 6.07) is 35.8. The van der Waals surface area contributed by atoms with Gasteiger partial charge < -0.3 is 4.90 Å². The third-order valence-electron chi connectivity index (χ3n) is 6.99. The van der Waals surface area contributed by atoms with Crippen LogP contribution in [0.2, 0.25) is 0 Å². The van der Waals surface area contributed by atoms with Gasteiger partial charge in [0.1, 0.15) is 0 Å². The molecule has 6 rings (SSSR count). The molecule has 0 fully saturated rings. The van der Waals surface area contributed by atoms with Crippen LogP contribution < -0.4 is 4.90 Å². The van der Waals surface area contributed by atoms with E-state index in [1.54, 1.807) is 0 Å². The van der Waals surface area contributed by atoms with Gasteiger partial charge in [0.25, 0.3) is 5.70 Å². The van der Waals surface area contributed by atoms with Crippen LogP contribution in [-0.2, 0) is 5.41 Å². The van der Waals surface area contributed by atoms with E-state index in [0.29, 0.717) is 0 Å². The van der Waals surface area contributed by atoms with E-state index in [4.69, 9.17) is 6.57 Å². The highest BCUT2D eigenvalue weighted by atomic mass is 15.1. The standard InChI is InChI=1S/C30H19N3/c1-32-26(19-31)29-20-11-3-5-13-22(20)30(23-14-6-4-12-21(23)29)24-15-7-9-17-27(24)33(2)28-18-10-8-16-25(28)30/h3-18H,2H3. The van der Waals surface area contributed by atoms with E-state index in [-0.39, 0.29) is 5.70 Å². The number of anilines is 2. The minimum atomic E-state index is -0.557. The molecule has 0 atom stereocenters. The number of fused-ring (bicyclic) bond motifs is 8. The molecule has 33 heavy (non-hydrogen) atoms. The SMILES string of the molecule is [C-]#[N+]C(C#N)=C1c2ccccc2C2(c3ccccc31)c1ccccc1N(C)c1ccccc12. The lowest BCUT2D eigenvalue weighted by Crippen LogP contribution is -2.41. The Labute approximate surface area is 193 Å². The molecule has 4 aromatic rings. The zero-order chi connectivity index (χ0) is 22.6. The average molecular weight is 422 g/mol. The summed E-state index contributed by atoms with van der Waals surface area (Å²) in [5, 5.41) is 9.85. The molecule has 154 valence electrons. The second kappa shape index (κ2) is 6.95. The third kappa shape index (κ3) is 2.31. The molecule has 0 unspecified atom stereocenters. The number of allylic oxidation sites excluding steroid dienone is 1. The van der Waals surface area contributed by atoms with Crippen LogP contribution in [0.5, 0.6) is 0 Å². The van der Waals surface area contributed by atoms with Crippen molar-refractivity contribution < 1.29 is 0 Å². The van der Waals surface area contributed by atoms with Crippen LogP contribution in [0.25, 0.3) is 10.4 Å². The Balaban J connectivity index is 1.89. The highest BCUT2D eigenvalue weighted by Gasteiger charge is 2.50. The van der Waals surface area contributed by atoms with Gasteiger partial charge in [-0.3, -0.25) is 0 Å². The second-order valence-corrected chi connectivity index (χ2v) is 8.38. The Morgan fingerprint density at radius 3 is 1.61 bits per heavy atom. The van der Waals surface area contributed by atoms with Crippen LogP contribution >= 0.6 is 0 Å². The lowest BCUT2D eigenvalue weighted by Gasteiger charge is -2.49. The fourth-order valence-corrected chi connectivity index (χ4v) is 5.76. The number of rotatable bonds is 0. The van der Waals surface area contributed by atoms with E-state index in [9.17, 15) is 5.26 Å². The smallest absolute Gasteiger partial charge is 0.270 e. The maximum absolute atomic E-state index is 9.85. The Bertz CT molecular complexity index is 1450. The summed E-state index contributed by atoms with van der Waals surface area (Å²) in [5.41, 5.74) is 9.08. The molecular weight excluding hydrogens is 402 g/mol. The van der Waals surface area contributed by atoms with Crippen LogP contribution in [0.15, 0.2) is 103 Å². The molecule has 3 heteroatoms. The minimum absolute atomic E-state index is 0.124. The largest absolute Gasteiger partial charge is 0.344 e. The molecule has 0 radical (unpaired) electrons. The highest BCUT2D eigenvalue weighted by molar-refractivity contribution is 5.96. The first-order chi connectivity index (χ1) is 16.2. The van der Waals surface area contributed by atoms with E-state index in [1.165, 1.54) is 11.1 Å². The van der Waals surface area contributed by atoms with E-state index < -0.39 is 5.41 Å². The predicted molar refractivity (Wildman–Crippen MR) is 131 cm³/mol. The van der Waals surface area contributed by atoms with Gasteiger partial charge in [0.05, 0.1) is 18.1 Å². The molecule has 0 saturated heterocycles. The number of hydrogen-bond donors (Lipinski definition) is 0. The molecule has 1 aliphatic heterocycles. The van der Waals surface area contributed by atoms with E-state index in [2.05, 4.69) is 108 Å². The fraction of sp³-hybridized carbons (Fsp3) is 0.0667. The number of hydrogen-bond acceptors (Lipinski definition) is 2. The van der Waals surface area contributed by atoms with Crippen molar-refractivity contribution in [1.82, 2.24) is 0 Å². The van der Waals surface area contributed by atoms with Gasteiger partial charge >= 0.3 is 0 Å². The second-order valence-electron chi connectivity index (χ2n) is 8.38. The first-order valence-electron chi connectivity index (χ1n) is 10.9. The first kappa shape index (κ1) is 19.1. The summed E-state index contributed by atoms with van der Waals surface area (Å²) in [4.78, 5) is 5.88. The summed E-state index contributed by atoms with van der Waals surface area (Å²) in [5.74, 6) is 0. The normalized spacial score (nSPS) is 14.3. The molecule has 0 bridgehead atoms. The highest BCUT2D eigenvalue weighted by Crippen LogP contribution is 2.60. The molecule has 0 N–H and O–H groups in total. The lowest BCUT2D eigenvalue weighted by atomic mass is 9.57. The van der Waals surface area contributed by atoms with Crippen molar-refractivity contribution >= 4 is 16.9 Å². The maximum atomic E-state index is 9.85. The molecule has 0 saturated carbocycles. The van der Waals surface area contributed by atoms with Gasteiger partial charge in [-0.05, 0) is 45.5 Å². The monoisotopic (exact) mass is 421 g/mol. The zero-order valence-electron chi connectivity index (χ0n) is 18.1. The van der Waals surface area contributed by atoms with Crippen molar-refractivity contribution in [1.29, 1.82) is 5.26 Å². The Kier molecular flexibility index (Phi) is 4.03. The number of nitriles is 1. The Hall–Kier alpha value is -4.60. The molecule has 4 aromatic carbocycles. The van der Waals surface area contributed by atoms with Crippen molar-refractivity contribution in [3.8, 4) is 6.07 Å². The molecule has 1 heterocycles. The van der Waals surface area contributed by atoms with Crippen LogP contribution in [0.4, 0.5) is 11.4 Å². The van der Waals surface area contributed by atoms with Crippen molar-refractivity contribution in [2.45, 2.75) is 5.41 Å². The summed E-state index contributed by atoms with van der Waals surface area (Å²) >= 11 is 0. The molecule has 0 amide bonds. The number of para-hydroxylation sites is 2. The van der Waals surface area contributed by atoms with Gasteiger partial charge in [-0.15, -0.1) is 0 Å². The maximum Gasteiger partial charge on any atom is 0.270 e. The number of benzene rings is 4. The van der Waals surface area contributed by atoms with E-state index in [0.717, 1.165) is 39.2 Å². The van der Waals surface area contributed by atoms with Gasteiger partial charge in [0.2, 0.25) is 0 Å². The molecule has 2 aliphatic rings. The third-order valence-corrected chi connectivity index (χ3v) is 6.99. The summed E-state index contributed by atoms with van der Waals surface area (Å²) in [6.45, 7) is 7.71. The Morgan fingerprint density at radius 1 is 0.727 bits per heavy atom. The van der Waals surface area contributed by atoms with Crippen LogP contribution in [-0.4, -0.2) is 7.05 Å². The van der Waals surface area contributed by atoms with Gasteiger partial charge in [-0.1, -0.05) is 84.9 Å². The fourth-order valence-electron chi connectivity index (χ4n) is 5.76. The van der Waals surface area contributed by atoms with Crippen LogP contribution in [0.3, 0.4) is 0 Å². The lowest BCUT2D eigenvalue weighted by molar-refractivity contribution is 0.715. The van der Waals surface area contributed by atoms with Gasteiger partial charge in [0, 0.05) is 24.0 Å². The van der Waals surface area contributed by atoms with E-state index in [1.807, 2.05) is 12.1 Å². The quantitative estimate of drug-likeness (QED) is 0.207. The molecule has 3 nitrogen and oxygen atoms in total. The molecule has 1 aliphatic carbocycles. The van der Waals surface area contributed by atoms with Crippen molar-refractivity contribution in [3.05, 3.63) is 148 Å². The summed E-state index contributed by atoms with van der Waals surface area (Å²) < 4.78 is 0. The Morgan fingerprint density at radius 2 is 1.15 bits per heavy atom. The van der Waals surface area contributed by atoms with Crippen molar-refractivity contribution in [2.24, 2.45) is 0 Å².